The van der Waals surface area contributed by atoms with Gasteiger partial charge in [0.1, 0.15) is 5.82 Å². The topological polar surface area (TPSA) is 40.5 Å². The third-order valence-corrected chi connectivity index (χ3v) is 4.02. The van der Waals surface area contributed by atoms with Crippen LogP contribution >= 0.6 is 0 Å². The van der Waals surface area contributed by atoms with Gasteiger partial charge in [0, 0.05) is 17.5 Å². The highest BCUT2D eigenvalue weighted by atomic mass is 19.1. The predicted molar refractivity (Wildman–Crippen MR) is 76.2 cm³/mol. The Morgan fingerprint density at radius 2 is 2.00 bits per heavy atom. The van der Waals surface area contributed by atoms with Gasteiger partial charge in [-0.05, 0) is 37.6 Å². The number of carbonyl (C=O) groups is 1. The zero-order valence-corrected chi connectivity index (χ0v) is 12.2. The summed E-state index contributed by atoms with van der Waals surface area (Å²) >= 11 is 0. The molecule has 2 rings (SSSR count). The number of nitrogens with zero attached hydrogens (tertiary/aromatic N) is 1. The summed E-state index contributed by atoms with van der Waals surface area (Å²) in [7, 11) is 0. The first-order chi connectivity index (χ1) is 9.38. The highest BCUT2D eigenvalue weighted by Gasteiger charge is 2.25. The fraction of sp³-hybridized carbons (Fsp3) is 0.562. The molecular formula is C16H22FNO2. The van der Waals surface area contributed by atoms with Gasteiger partial charge >= 0.3 is 5.97 Å². The van der Waals surface area contributed by atoms with Crippen LogP contribution in [-0.4, -0.2) is 29.1 Å². The average molecular weight is 279 g/mol. The van der Waals surface area contributed by atoms with Crippen LogP contribution in [0.25, 0.3) is 0 Å². The van der Waals surface area contributed by atoms with Crippen molar-refractivity contribution in [1.29, 1.82) is 0 Å². The van der Waals surface area contributed by atoms with Crippen LogP contribution < -0.4 is 0 Å². The van der Waals surface area contributed by atoms with E-state index < -0.39 is 11.4 Å². The summed E-state index contributed by atoms with van der Waals surface area (Å²) in [6.07, 6.45) is 2.37. The van der Waals surface area contributed by atoms with Crippen LogP contribution in [0.1, 0.15) is 44.2 Å². The van der Waals surface area contributed by atoms with E-state index in [0.717, 1.165) is 18.7 Å². The monoisotopic (exact) mass is 279 g/mol. The molecule has 1 aliphatic heterocycles. The van der Waals surface area contributed by atoms with Crippen LogP contribution in [0.15, 0.2) is 18.2 Å². The molecular weight excluding hydrogens is 257 g/mol. The summed E-state index contributed by atoms with van der Waals surface area (Å²) in [5.74, 6) is -1.09. The maximum Gasteiger partial charge on any atom is 0.304 e. The number of benzene rings is 1. The van der Waals surface area contributed by atoms with E-state index in [4.69, 9.17) is 5.11 Å². The quantitative estimate of drug-likeness (QED) is 0.900. The van der Waals surface area contributed by atoms with E-state index in [-0.39, 0.29) is 12.2 Å². The van der Waals surface area contributed by atoms with Gasteiger partial charge in [0.15, 0.2) is 0 Å². The number of carboxylic acids is 1. The molecule has 4 heteroatoms. The van der Waals surface area contributed by atoms with Crippen molar-refractivity contribution in [1.82, 2.24) is 4.90 Å². The first kappa shape index (κ1) is 15.0. The van der Waals surface area contributed by atoms with Crippen LogP contribution in [0, 0.1) is 5.82 Å². The van der Waals surface area contributed by atoms with Gasteiger partial charge in [-0.3, -0.25) is 9.69 Å². The lowest BCUT2D eigenvalue weighted by Crippen LogP contribution is -2.23. The Hall–Kier alpha value is -1.42. The van der Waals surface area contributed by atoms with Gasteiger partial charge in [0.25, 0.3) is 0 Å². The standard InChI is InChI=1S/C16H22FNO2/c1-16(2,10-15(19)20)13-6-5-12(14(17)9-13)11-18-7-3-4-8-18/h5-6,9H,3-4,7-8,10-11H2,1-2H3,(H,19,20). The Kier molecular flexibility index (Phi) is 4.43. The Bertz CT molecular complexity index is 493. The normalized spacial score (nSPS) is 16.6. The fourth-order valence-corrected chi connectivity index (χ4v) is 2.76. The van der Waals surface area contributed by atoms with E-state index in [1.54, 1.807) is 6.07 Å². The third kappa shape index (κ3) is 3.57. The van der Waals surface area contributed by atoms with Crippen LogP contribution in [0.4, 0.5) is 4.39 Å². The molecule has 110 valence electrons. The van der Waals surface area contributed by atoms with Gasteiger partial charge < -0.3 is 5.11 Å². The number of hydrogen-bond acceptors (Lipinski definition) is 2. The smallest absolute Gasteiger partial charge is 0.304 e. The van der Waals surface area contributed by atoms with Crippen molar-refractivity contribution in [2.45, 2.75) is 45.1 Å². The lowest BCUT2D eigenvalue weighted by molar-refractivity contribution is -0.138. The van der Waals surface area contributed by atoms with Crippen molar-refractivity contribution >= 4 is 5.97 Å². The Balaban J connectivity index is 2.14. The molecule has 1 N–H and O–H groups in total. The second-order valence-electron chi connectivity index (χ2n) is 6.24. The molecule has 0 spiro atoms. The largest absolute Gasteiger partial charge is 0.481 e. The summed E-state index contributed by atoms with van der Waals surface area (Å²) < 4.78 is 14.2. The van der Waals surface area contributed by atoms with Crippen LogP contribution in [0.5, 0.6) is 0 Å². The van der Waals surface area contributed by atoms with E-state index in [9.17, 15) is 9.18 Å². The van der Waals surface area contributed by atoms with Crippen molar-refractivity contribution < 1.29 is 14.3 Å². The number of aliphatic carboxylic acids is 1. The number of likely N-dealkylation sites (tertiary alicyclic amines) is 1. The molecule has 1 heterocycles. The summed E-state index contributed by atoms with van der Waals surface area (Å²) in [6.45, 7) is 6.37. The number of halogens is 1. The molecule has 0 bridgehead atoms. The maximum atomic E-state index is 14.2. The molecule has 0 aromatic heterocycles. The van der Waals surface area contributed by atoms with Crippen molar-refractivity contribution in [2.24, 2.45) is 0 Å². The zero-order chi connectivity index (χ0) is 14.8. The van der Waals surface area contributed by atoms with Gasteiger partial charge in [-0.15, -0.1) is 0 Å². The van der Waals surface area contributed by atoms with Gasteiger partial charge in [0.05, 0.1) is 6.42 Å². The molecule has 1 aliphatic rings. The third-order valence-electron chi connectivity index (χ3n) is 4.02. The number of hydrogen-bond donors (Lipinski definition) is 1. The molecule has 1 aromatic carbocycles. The second-order valence-corrected chi connectivity index (χ2v) is 6.24. The highest BCUT2D eigenvalue weighted by molar-refractivity contribution is 5.68. The van der Waals surface area contributed by atoms with Gasteiger partial charge in [-0.25, -0.2) is 4.39 Å². The van der Waals surface area contributed by atoms with Crippen LogP contribution in [-0.2, 0) is 16.8 Å². The summed E-state index contributed by atoms with van der Waals surface area (Å²) in [5, 5.41) is 8.92. The highest BCUT2D eigenvalue weighted by Crippen LogP contribution is 2.29. The minimum atomic E-state index is -0.864. The fourth-order valence-electron chi connectivity index (χ4n) is 2.76. The zero-order valence-electron chi connectivity index (χ0n) is 12.2. The summed E-state index contributed by atoms with van der Waals surface area (Å²) in [4.78, 5) is 13.1. The van der Waals surface area contributed by atoms with Crippen molar-refractivity contribution in [2.75, 3.05) is 13.1 Å². The minimum absolute atomic E-state index is 0.00207. The molecule has 1 saturated heterocycles. The predicted octanol–water partition coefficient (Wildman–Crippen LogP) is 3.17. The molecule has 1 fully saturated rings. The average Bonchev–Trinajstić information content (AvgIpc) is 2.82. The minimum Gasteiger partial charge on any atom is -0.481 e. The molecule has 0 amide bonds. The molecule has 20 heavy (non-hydrogen) atoms. The van der Waals surface area contributed by atoms with Gasteiger partial charge in [-0.1, -0.05) is 26.0 Å². The van der Waals surface area contributed by atoms with Gasteiger partial charge in [-0.2, -0.15) is 0 Å². The van der Waals surface area contributed by atoms with Gasteiger partial charge in [0.2, 0.25) is 0 Å². The van der Waals surface area contributed by atoms with E-state index in [2.05, 4.69) is 4.90 Å². The SMILES string of the molecule is CC(C)(CC(=O)O)c1ccc(CN2CCCC2)c(F)c1. The molecule has 0 saturated carbocycles. The van der Waals surface area contributed by atoms with Crippen molar-refractivity contribution in [3.63, 3.8) is 0 Å². The molecule has 0 atom stereocenters. The van der Waals surface area contributed by atoms with E-state index in [1.165, 1.54) is 18.9 Å². The lowest BCUT2D eigenvalue weighted by Gasteiger charge is -2.24. The lowest BCUT2D eigenvalue weighted by atomic mass is 9.81. The molecule has 0 aliphatic carbocycles. The van der Waals surface area contributed by atoms with E-state index in [0.29, 0.717) is 12.1 Å². The van der Waals surface area contributed by atoms with Crippen molar-refractivity contribution in [3.8, 4) is 0 Å². The molecule has 3 nitrogen and oxygen atoms in total. The first-order valence-corrected chi connectivity index (χ1v) is 7.11. The number of rotatable bonds is 5. The summed E-state index contributed by atoms with van der Waals surface area (Å²) in [5.41, 5.74) is 0.878. The van der Waals surface area contributed by atoms with Crippen molar-refractivity contribution in [3.05, 3.63) is 35.1 Å². The maximum absolute atomic E-state index is 14.2. The molecule has 0 radical (unpaired) electrons. The number of carboxylic acid groups (broad SMARTS) is 1. The first-order valence-electron chi connectivity index (χ1n) is 7.11. The van der Waals surface area contributed by atoms with E-state index in [1.807, 2.05) is 19.9 Å². The van der Waals surface area contributed by atoms with Crippen LogP contribution in [0.2, 0.25) is 0 Å². The van der Waals surface area contributed by atoms with Crippen LogP contribution in [0.3, 0.4) is 0 Å². The Morgan fingerprint density at radius 1 is 1.35 bits per heavy atom. The van der Waals surface area contributed by atoms with E-state index >= 15 is 0 Å². The Labute approximate surface area is 119 Å². The Morgan fingerprint density at radius 3 is 2.55 bits per heavy atom. The second kappa shape index (κ2) is 5.92. The summed E-state index contributed by atoms with van der Waals surface area (Å²) in [6, 6.07) is 5.15. The molecule has 0 unspecified atom stereocenters. The molecule has 1 aromatic rings.